The summed E-state index contributed by atoms with van der Waals surface area (Å²) in [5, 5.41) is 6.94. The zero-order valence-electron chi connectivity index (χ0n) is 13.2. The van der Waals surface area contributed by atoms with Crippen LogP contribution in [-0.4, -0.2) is 51.7 Å². The number of rotatable bonds is 3. The second kappa shape index (κ2) is 8.82. The molecule has 2 aliphatic rings. The van der Waals surface area contributed by atoms with E-state index in [0.717, 1.165) is 25.1 Å². The zero-order valence-corrected chi connectivity index (χ0v) is 14.9. The predicted octanol–water partition coefficient (Wildman–Crippen LogP) is 1.37. The highest BCUT2D eigenvalue weighted by Crippen LogP contribution is 2.28. The summed E-state index contributed by atoms with van der Waals surface area (Å²) in [6.07, 6.45) is 3.58. The molecule has 1 aliphatic heterocycles. The van der Waals surface area contributed by atoms with Crippen molar-refractivity contribution in [2.24, 2.45) is 11.7 Å². The summed E-state index contributed by atoms with van der Waals surface area (Å²) in [6.45, 7) is 3.54. The fraction of sp³-hybridized carbons (Fsp3) is 0.786. The van der Waals surface area contributed by atoms with Crippen molar-refractivity contribution in [3.05, 3.63) is 11.6 Å². The number of carbonyl (C=O) groups excluding carboxylic acids is 1. The molecule has 23 heavy (non-hydrogen) atoms. The average molecular weight is 366 g/mol. The highest BCUT2D eigenvalue weighted by molar-refractivity contribution is 5.85. The van der Waals surface area contributed by atoms with Gasteiger partial charge in [0.1, 0.15) is 11.9 Å². The summed E-state index contributed by atoms with van der Waals surface area (Å²) in [7, 11) is 0. The third kappa shape index (κ3) is 4.79. The van der Waals surface area contributed by atoms with Crippen LogP contribution in [-0.2, 0) is 9.53 Å². The fourth-order valence-corrected chi connectivity index (χ4v) is 3.21. The number of aromatic nitrogens is 3. The molecule has 0 aromatic carbocycles. The van der Waals surface area contributed by atoms with E-state index in [1.165, 1.54) is 0 Å². The van der Waals surface area contributed by atoms with E-state index in [4.69, 9.17) is 10.5 Å². The molecule has 0 radical (unpaired) electrons. The van der Waals surface area contributed by atoms with Gasteiger partial charge >= 0.3 is 0 Å². The summed E-state index contributed by atoms with van der Waals surface area (Å²) in [6, 6.07) is 0.182. The van der Waals surface area contributed by atoms with Gasteiger partial charge in [-0.15, -0.1) is 24.8 Å². The number of morpholine rings is 1. The zero-order chi connectivity index (χ0) is 14.8. The molecule has 3 N–H and O–H groups in total. The molecule has 2 fully saturated rings. The molecular weight excluding hydrogens is 341 g/mol. The SMILES string of the molecule is Cc1nc(C2CN(C(=O)C[C@@H]3CCC[C@H]3N)CCO2)n[nH]1.Cl.Cl. The van der Waals surface area contributed by atoms with Gasteiger partial charge in [0.15, 0.2) is 5.82 Å². The van der Waals surface area contributed by atoms with Gasteiger partial charge < -0.3 is 15.4 Å². The maximum absolute atomic E-state index is 12.4. The Balaban J connectivity index is 0.00000132. The lowest BCUT2D eigenvalue weighted by molar-refractivity contribution is -0.140. The highest BCUT2D eigenvalue weighted by atomic mass is 35.5. The van der Waals surface area contributed by atoms with Crippen molar-refractivity contribution in [3.8, 4) is 0 Å². The van der Waals surface area contributed by atoms with Gasteiger partial charge in [-0.2, -0.15) is 5.10 Å². The van der Waals surface area contributed by atoms with Gasteiger partial charge in [-0.3, -0.25) is 9.89 Å². The first kappa shape index (κ1) is 20.2. The second-order valence-electron chi connectivity index (χ2n) is 6.04. The molecule has 9 heteroatoms. The number of H-pyrrole nitrogens is 1. The molecular formula is C14H25Cl2N5O2. The number of nitrogens with two attached hydrogens (primary N) is 1. The minimum Gasteiger partial charge on any atom is -0.366 e. The van der Waals surface area contributed by atoms with E-state index in [1.54, 1.807) is 0 Å². The first-order valence-corrected chi connectivity index (χ1v) is 7.67. The number of hydrogen-bond donors (Lipinski definition) is 2. The highest BCUT2D eigenvalue weighted by Gasteiger charge is 2.31. The Bertz CT molecular complexity index is 513. The smallest absolute Gasteiger partial charge is 0.223 e. The maximum atomic E-state index is 12.4. The summed E-state index contributed by atoms with van der Waals surface area (Å²) in [4.78, 5) is 18.6. The van der Waals surface area contributed by atoms with Crippen LogP contribution in [0.1, 0.15) is 43.4 Å². The Morgan fingerprint density at radius 2 is 2.22 bits per heavy atom. The monoisotopic (exact) mass is 365 g/mol. The van der Waals surface area contributed by atoms with Crippen LogP contribution in [0.25, 0.3) is 0 Å². The molecule has 1 amide bonds. The molecule has 132 valence electrons. The number of hydrogen-bond acceptors (Lipinski definition) is 5. The van der Waals surface area contributed by atoms with Crippen molar-refractivity contribution in [3.63, 3.8) is 0 Å². The molecule has 1 aliphatic carbocycles. The lowest BCUT2D eigenvalue weighted by Crippen LogP contribution is -2.43. The number of amides is 1. The molecule has 1 aromatic heterocycles. The van der Waals surface area contributed by atoms with Crippen molar-refractivity contribution < 1.29 is 9.53 Å². The van der Waals surface area contributed by atoms with Crippen LogP contribution in [0.15, 0.2) is 0 Å². The van der Waals surface area contributed by atoms with Gasteiger partial charge in [-0.25, -0.2) is 4.98 Å². The van der Waals surface area contributed by atoms with Crippen molar-refractivity contribution in [1.29, 1.82) is 0 Å². The van der Waals surface area contributed by atoms with Gasteiger partial charge in [-0.1, -0.05) is 6.42 Å². The van der Waals surface area contributed by atoms with E-state index in [1.807, 2.05) is 11.8 Å². The molecule has 0 spiro atoms. The van der Waals surface area contributed by atoms with Crippen LogP contribution in [0.4, 0.5) is 0 Å². The number of carbonyl (C=O) groups is 1. The number of aryl methyl sites for hydroxylation is 1. The van der Waals surface area contributed by atoms with Crippen LogP contribution in [0, 0.1) is 12.8 Å². The summed E-state index contributed by atoms with van der Waals surface area (Å²) in [5.41, 5.74) is 6.06. The minimum atomic E-state index is -0.232. The molecule has 1 saturated carbocycles. The Morgan fingerprint density at radius 3 is 2.83 bits per heavy atom. The predicted molar refractivity (Wildman–Crippen MR) is 90.8 cm³/mol. The Morgan fingerprint density at radius 1 is 1.43 bits per heavy atom. The largest absolute Gasteiger partial charge is 0.366 e. The van der Waals surface area contributed by atoms with Gasteiger partial charge in [0, 0.05) is 19.0 Å². The van der Waals surface area contributed by atoms with E-state index in [0.29, 0.717) is 37.9 Å². The van der Waals surface area contributed by atoms with Gasteiger partial charge in [0.05, 0.1) is 13.2 Å². The third-order valence-corrected chi connectivity index (χ3v) is 4.48. The Labute approximate surface area is 148 Å². The molecule has 1 saturated heterocycles. The average Bonchev–Trinajstić information content (AvgIpc) is 3.08. The van der Waals surface area contributed by atoms with Crippen molar-refractivity contribution in [2.75, 3.05) is 19.7 Å². The normalized spacial score (nSPS) is 27.2. The molecule has 1 aromatic rings. The summed E-state index contributed by atoms with van der Waals surface area (Å²) < 4.78 is 5.69. The molecule has 7 nitrogen and oxygen atoms in total. The van der Waals surface area contributed by atoms with Gasteiger partial charge in [0.25, 0.3) is 0 Å². The summed E-state index contributed by atoms with van der Waals surface area (Å²) >= 11 is 0. The van der Waals surface area contributed by atoms with E-state index in [-0.39, 0.29) is 42.9 Å². The standard InChI is InChI=1S/C14H23N5O2.2ClH/c1-9-16-14(18-17-9)12-8-19(5-6-21-12)13(20)7-10-3-2-4-11(10)15;;/h10-12H,2-8,15H2,1H3,(H,16,17,18);2*1H/t10-,11+,12?;;/m0../s1. The molecule has 3 rings (SSSR count). The molecule has 0 bridgehead atoms. The van der Waals surface area contributed by atoms with Crippen LogP contribution in [0.3, 0.4) is 0 Å². The quantitative estimate of drug-likeness (QED) is 0.842. The number of halogens is 2. The lowest BCUT2D eigenvalue weighted by atomic mass is 9.99. The molecule has 3 atom stereocenters. The molecule has 1 unspecified atom stereocenters. The van der Waals surface area contributed by atoms with E-state index < -0.39 is 0 Å². The van der Waals surface area contributed by atoms with E-state index in [9.17, 15) is 4.79 Å². The van der Waals surface area contributed by atoms with Gasteiger partial charge in [0.2, 0.25) is 5.91 Å². The van der Waals surface area contributed by atoms with Crippen LogP contribution >= 0.6 is 24.8 Å². The van der Waals surface area contributed by atoms with Crippen LogP contribution in [0.2, 0.25) is 0 Å². The van der Waals surface area contributed by atoms with Crippen molar-refractivity contribution >= 4 is 30.7 Å². The van der Waals surface area contributed by atoms with Crippen molar-refractivity contribution in [1.82, 2.24) is 20.1 Å². The van der Waals surface area contributed by atoms with Crippen LogP contribution in [0.5, 0.6) is 0 Å². The second-order valence-corrected chi connectivity index (χ2v) is 6.04. The van der Waals surface area contributed by atoms with Crippen molar-refractivity contribution in [2.45, 2.75) is 44.8 Å². The van der Waals surface area contributed by atoms with Gasteiger partial charge in [-0.05, 0) is 25.7 Å². The minimum absolute atomic E-state index is 0. The number of nitrogens with zero attached hydrogens (tertiary/aromatic N) is 3. The topological polar surface area (TPSA) is 97.1 Å². The number of nitrogens with one attached hydrogen (secondary N) is 1. The van der Waals surface area contributed by atoms with E-state index in [2.05, 4.69) is 15.2 Å². The van der Waals surface area contributed by atoms with E-state index >= 15 is 0 Å². The first-order valence-electron chi connectivity index (χ1n) is 7.67. The molecule has 2 heterocycles. The number of aromatic amines is 1. The summed E-state index contributed by atoms with van der Waals surface area (Å²) in [5.74, 6) is 1.90. The third-order valence-electron chi connectivity index (χ3n) is 4.48. The van der Waals surface area contributed by atoms with Crippen LogP contribution < -0.4 is 5.73 Å². The lowest BCUT2D eigenvalue weighted by Gasteiger charge is -2.32. The fourth-order valence-electron chi connectivity index (χ4n) is 3.21. The number of ether oxygens (including phenoxy) is 1. The Kier molecular flexibility index (Phi) is 7.73. The maximum Gasteiger partial charge on any atom is 0.223 e. The first-order chi connectivity index (χ1) is 10.1. The Hall–Kier alpha value is -0.890.